The number of nitrogens with one attached hydrogen (secondary N) is 3. The maximum atomic E-state index is 13.1. The van der Waals surface area contributed by atoms with Gasteiger partial charge in [-0.1, -0.05) is 6.07 Å². The van der Waals surface area contributed by atoms with Gasteiger partial charge in [-0.05, 0) is 76.6 Å². The van der Waals surface area contributed by atoms with Gasteiger partial charge in [0.2, 0.25) is 5.88 Å². The summed E-state index contributed by atoms with van der Waals surface area (Å²) in [6.07, 6.45) is -3.04. The first-order chi connectivity index (χ1) is 19.7. The number of carbonyl (C=O) groups excluding carboxylic acids is 2. The first-order valence-electron chi connectivity index (χ1n) is 13.2. The fourth-order valence-corrected chi connectivity index (χ4v) is 3.89. The molecule has 0 aliphatic carbocycles. The zero-order valence-electron chi connectivity index (χ0n) is 24.1. The van der Waals surface area contributed by atoms with Gasteiger partial charge in [0.1, 0.15) is 23.5 Å². The van der Waals surface area contributed by atoms with Crippen molar-refractivity contribution in [3.63, 3.8) is 0 Å². The summed E-state index contributed by atoms with van der Waals surface area (Å²) >= 11 is 0. The Morgan fingerprint density at radius 3 is 2.31 bits per heavy atom. The molecule has 1 saturated heterocycles. The van der Waals surface area contributed by atoms with Crippen LogP contribution >= 0.6 is 0 Å². The number of urea groups is 1. The van der Waals surface area contributed by atoms with Crippen molar-refractivity contribution >= 4 is 29.7 Å². The molecule has 2 amide bonds. The molecule has 1 aromatic heterocycles. The molecule has 3 N–H and O–H groups in total. The van der Waals surface area contributed by atoms with Gasteiger partial charge >= 0.3 is 12.2 Å². The Labute approximate surface area is 242 Å². The van der Waals surface area contributed by atoms with E-state index in [4.69, 9.17) is 4.74 Å². The minimum atomic E-state index is -4.50. The second kappa shape index (κ2) is 14.0. The Kier molecular flexibility index (Phi) is 10.7. The molecular formula is C29H35F3N6O4. The highest BCUT2D eigenvalue weighted by atomic mass is 19.4. The van der Waals surface area contributed by atoms with Gasteiger partial charge in [-0.25, -0.2) is 14.8 Å². The third-order valence-corrected chi connectivity index (χ3v) is 5.96. The number of anilines is 3. The van der Waals surface area contributed by atoms with Crippen LogP contribution in [-0.4, -0.2) is 53.7 Å². The highest BCUT2D eigenvalue weighted by molar-refractivity contribution is 5.99. The smallest absolute Gasteiger partial charge is 0.416 e. The van der Waals surface area contributed by atoms with Crippen LogP contribution in [0.15, 0.2) is 54.9 Å². The highest BCUT2D eigenvalue weighted by Crippen LogP contribution is 2.33. The van der Waals surface area contributed by atoms with Gasteiger partial charge in [-0.3, -0.25) is 4.79 Å². The summed E-state index contributed by atoms with van der Waals surface area (Å²) in [5.74, 6) is 1.67. The lowest BCUT2D eigenvalue weighted by molar-refractivity contribution is -0.139. The van der Waals surface area contributed by atoms with Gasteiger partial charge in [0, 0.05) is 43.1 Å². The second-order valence-electron chi connectivity index (χ2n) is 10.5. The number of carbonyl (C=O) groups is 2. The second-order valence-corrected chi connectivity index (χ2v) is 10.5. The molecule has 13 heteroatoms. The van der Waals surface area contributed by atoms with E-state index in [1.807, 2.05) is 20.8 Å². The molecule has 1 aliphatic rings. The van der Waals surface area contributed by atoms with Crippen molar-refractivity contribution in [2.24, 2.45) is 0 Å². The molecule has 0 spiro atoms. The topological polar surface area (TPSA) is 118 Å². The van der Waals surface area contributed by atoms with Crippen molar-refractivity contribution in [1.29, 1.82) is 0 Å². The molecule has 0 radical (unpaired) electrons. The largest absolute Gasteiger partial charge is 0.462 e. The van der Waals surface area contributed by atoms with Crippen LogP contribution in [0.5, 0.6) is 11.6 Å². The van der Waals surface area contributed by atoms with E-state index in [9.17, 15) is 22.8 Å². The Bertz CT molecular complexity index is 1350. The van der Waals surface area contributed by atoms with Crippen LogP contribution in [0.2, 0.25) is 0 Å². The summed E-state index contributed by atoms with van der Waals surface area (Å²) in [5.41, 5.74) is -0.551. The summed E-state index contributed by atoms with van der Waals surface area (Å²) < 4.78 is 49.6. The minimum absolute atomic E-state index is 0.0405. The number of rotatable bonds is 6. The number of aromatic nitrogens is 2. The van der Waals surface area contributed by atoms with E-state index in [1.54, 1.807) is 30.3 Å². The van der Waals surface area contributed by atoms with E-state index in [0.717, 1.165) is 31.5 Å². The predicted molar refractivity (Wildman–Crippen MR) is 154 cm³/mol. The number of hydrogen-bond donors (Lipinski definition) is 3. The maximum Gasteiger partial charge on any atom is 0.416 e. The van der Waals surface area contributed by atoms with E-state index >= 15 is 0 Å². The van der Waals surface area contributed by atoms with Gasteiger partial charge < -0.3 is 30.3 Å². The zero-order valence-corrected chi connectivity index (χ0v) is 24.1. The summed E-state index contributed by atoms with van der Waals surface area (Å²) in [6, 6.07) is 11.6. The molecular weight excluding hydrogens is 553 g/mol. The monoisotopic (exact) mass is 588 g/mol. The first-order valence-corrected chi connectivity index (χ1v) is 13.2. The Morgan fingerprint density at radius 2 is 1.71 bits per heavy atom. The number of ether oxygens (including phenoxy) is 2. The van der Waals surface area contributed by atoms with Gasteiger partial charge in [0.05, 0.1) is 5.56 Å². The molecule has 10 nitrogen and oxygen atoms in total. The normalized spacial score (nSPS) is 15.1. The SMILES string of the molecule is CC(C)(C)OC=O.Cc1ccc(NC(=O)Nc2ccc(Oc3cc(N4CCNC[C@@H]4C)ncn3)cc2)cc1C(F)(F)F. The lowest BCUT2D eigenvalue weighted by Crippen LogP contribution is -2.50. The van der Waals surface area contributed by atoms with Crippen LogP contribution in [0.3, 0.4) is 0 Å². The molecule has 2 heterocycles. The van der Waals surface area contributed by atoms with Crippen LogP contribution in [0, 0.1) is 6.92 Å². The summed E-state index contributed by atoms with van der Waals surface area (Å²) in [6.45, 7) is 12.0. The van der Waals surface area contributed by atoms with Crippen LogP contribution in [0.4, 0.5) is 35.2 Å². The quantitative estimate of drug-likeness (QED) is 0.301. The number of nitrogens with zero attached hydrogens (tertiary/aromatic N) is 3. The molecule has 1 fully saturated rings. The number of aryl methyl sites for hydroxylation is 1. The Morgan fingerprint density at radius 1 is 1.05 bits per heavy atom. The highest BCUT2D eigenvalue weighted by Gasteiger charge is 2.32. The number of piperazine rings is 1. The van der Waals surface area contributed by atoms with E-state index in [0.29, 0.717) is 29.8 Å². The molecule has 0 saturated carbocycles. The van der Waals surface area contributed by atoms with Crippen molar-refractivity contribution in [3.05, 3.63) is 66.0 Å². The number of hydrogen-bond acceptors (Lipinski definition) is 8. The standard InChI is InChI=1S/C24H25F3N6O2.C5H10O2/c1-15-3-4-18(11-20(15)24(25,26)27)32-23(34)31-17-5-7-19(8-6-17)35-22-12-21(29-14-30-22)33-10-9-28-13-16(33)2;1-5(2,3)7-4-6/h3-8,11-12,14,16,28H,9-10,13H2,1-2H3,(H2,31,32,34);4H,1-3H3/t16-;/m0./s1. The van der Waals surface area contributed by atoms with E-state index in [2.05, 4.69) is 42.5 Å². The molecule has 226 valence electrons. The molecule has 1 atom stereocenters. The van der Waals surface area contributed by atoms with Crippen molar-refractivity contribution in [2.45, 2.75) is 52.4 Å². The maximum absolute atomic E-state index is 13.1. The molecule has 42 heavy (non-hydrogen) atoms. The van der Waals surface area contributed by atoms with Crippen molar-refractivity contribution in [2.75, 3.05) is 35.2 Å². The van der Waals surface area contributed by atoms with Gasteiger partial charge in [0.25, 0.3) is 6.47 Å². The van der Waals surface area contributed by atoms with E-state index in [1.165, 1.54) is 25.4 Å². The fraction of sp³-hybridized carbons (Fsp3) is 0.379. The van der Waals surface area contributed by atoms with Crippen LogP contribution in [0.25, 0.3) is 0 Å². The van der Waals surface area contributed by atoms with Crippen LogP contribution in [0.1, 0.15) is 38.8 Å². The molecule has 4 rings (SSSR count). The molecule has 1 aliphatic heterocycles. The lowest BCUT2D eigenvalue weighted by Gasteiger charge is -2.34. The van der Waals surface area contributed by atoms with Crippen molar-refractivity contribution in [3.8, 4) is 11.6 Å². The van der Waals surface area contributed by atoms with Crippen LogP contribution in [-0.2, 0) is 15.7 Å². The van der Waals surface area contributed by atoms with Gasteiger partial charge in [0.15, 0.2) is 0 Å². The van der Waals surface area contributed by atoms with Crippen molar-refractivity contribution < 1.29 is 32.2 Å². The van der Waals surface area contributed by atoms with Crippen molar-refractivity contribution in [1.82, 2.24) is 15.3 Å². The molecule has 0 bridgehead atoms. The van der Waals surface area contributed by atoms with Gasteiger partial charge in [-0.2, -0.15) is 13.2 Å². The third-order valence-electron chi connectivity index (χ3n) is 5.96. The lowest BCUT2D eigenvalue weighted by atomic mass is 10.1. The fourth-order valence-electron chi connectivity index (χ4n) is 3.89. The summed E-state index contributed by atoms with van der Waals surface area (Å²) in [5, 5.41) is 8.34. The third kappa shape index (κ3) is 9.91. The molecule has 2 aromatic carbocycles. The van der Waals surface area contributed by atoms with Gasteiger partial charge in [-0.15, -0.1) is 0 Å². The summed E-state index contributed by atoms with van der Waals surface area (Å²) in [7, 11) is 0. The average Bonchev–Trinajstić information content (AvgIpc) is 2.90. The van der Waals surface area contributed by atoms with E-state index < -0.39 is 17.8 Å². The predicted octanol–water partition coefficient (Wildman–Crippen LogP) is 6.00. The average molecular weight is 589 g/mol. The minimum Gasteiger partial charge on any atom is -0.462 e. The van der Waals surface area contributed by atoms with E-state index in [-0.39, 0.29) is 16.9 Å². The number of amides is 2. The summed E-state index contributed by atoms with van der Waals surface area (Å²) in [4.78, 5) is 32.6. The molecule has 0 unspecified atom stereocenters. The Hall–Kier alpha value is -4.39. The zero-order chi connectivity index (χ0) is 30.9. The van der Waals surface area contributed by atoms with Crippen LogP contribution < -0.4 is 25.6 Å². The number of alkyl halides is 3. The number of benzene rings is 2. The Balaban J connectivity index is 0.000000616. The first kappa shape index (κ1) is 32.1. The molecule has 3 aromatic rings. The number of halogens is 3.